The van der Waals surface area contributed by atoms with Gasteiger partial charge in [-0.15, -0.1) is 0 Å². The molecule has 1 fully saturated rings. The molecule has 1 aliphatic rings. The van der Waals surface area contributed by atoms with Crippen LogP contribution in [0.4, 0.5) is 0 Å². The van der Waals surface area contributed by atoms with Crippen LogP contribution in [0.1, 0.15) is 52.4 Å². The number of hydrogen-bond acceptors (Lipinski definition) is 2. The van der Waals surface area contributed by atoms with E-state index >= 15 is 0 Å². The number of guanidine groups is 1. The van der Waals surface area contributed by atoms with E-state index in [9.17, 15) is 0 Å². The second-order valence-electron chi connectivity index (χ2n) is 6.34. The molecule has 4 nitrogen and oxygen atoms in total. The Hall–Kier alpha value is -0.770. The molecule has 0 aromatic heterocycles. The third-order valence-corrected chi connectivity index (χ3v) is 4.56. The van der Waals surface area contributed by atoms with Crippen molar-refractivity contribution in [2.75, 3.05) is 27.7 Å². The highest BCUT2D eigenvalue weighted by atomic mass is 15.2. The zero-order chi connectivity index (χ0) is 15.0. The van der Waals surface area contributed by atoms with Crippen molar-refractivity contribution in [3.05, 3.63) is 0 Å². The summed E-state index contributed by atoms with van der Waals surface area (Å²) in [6.45, 7) is 5.36. The lowest BCUT2D eigenvalue weighted by molar-refractivity contribution is 0.171. The molecule has 0 saturated heterocycles. The van der Waals surface area contributed by atoms with Gasteiger partial charge in [0.2, 0.25) is 0 Å². The van der Waals surface area contributed by atoms with Crippen LogP contribution in [0.5, 0.6) is 0 Å². The van der Waals surface area contributed by atoms with Crippen LogP contribution < -0.4 is 10.6 Å². The number of aliphatic imine (C=N–C) groups is 1. The van der Waals surface area contributed by atoms with E-state index in [1.54, 1.807) is 0 Å². The minimum absolute atomic E-state index is 0.466. The molecular weight excluding hydrogens is 248 g/mol. The van der Waals surface area contributed by atoms with Gasteiger partial charge in [-0.2, -0.15) is 0 Å². The SMILES string of the molecule is CCC(C)NC(=NC)NCC(C1CCCCC1)N(C)C. The fourth-order valence-electron chi connectivity index (χ4n) is 3.02. The molecule has 0 bridgehead atoms. The van der Waals surface area contributed by atoms with Crippen LogP contribution in [0, 0.1) is 5.92 Å². The van der Waals surface area contributed by atoms with Gasteiger partial charge >= 0.3 is 0 Å². The van der Waals surface area contributed by atoms with E-state index in [2.05, 4.69) is 48.5 Å². The van der Waals surface area contributed by atoms with Gasteiger partial charge in [0.15, 0.2) is 5.96 Å². The Kier molecular flexibility index (Phi) is 7.97. The van der Waals surface area contributed by atoms with Gasteiger partial charge in [-0.25, -0.2) is 0 Å². The first-order valence-electron chi connectivity index (χ1n) is 8.22. The van der Waals surface area contributed by atoms with Crippen LogP contribution in [0.15, 0.2) is 4.99 Å². The van der Waals surface area contributed by atoms with Crippen molar-refractivity contribution in [1.29, 1.82) is 0 Å². The molecular formula is C16H34N4. The average Bonchev–Trinajstić information content (AvgIpc) is 2.46. The average molecular weight is 282 g/mol. The number of nitrogens with zero attached hydrogens (tertiary/aromatic N) is 2. The first-order valence-corrected chi connectivity index (χ1v) is 8.22. The van der Waals surface area contributed by atoms with E-state index in [0.29, 0.717) is 12.1 Å². The third-order valence-electron chi connectivity index (χ3n) is 4.56. The van der Waals surface area contributed by atoms with E-state index in [-0.39, 0.29) is 0 Å². The fraction of sp³-hybridized carbons (Fsp3) is 0.938. The maximum atomic E-state index is 4.33. The second kappa shape index (κ2) is 9.22. The Labute approximate surface area is 125 Å². The van der Waals surface area contributed by atoms with E-state index in [0.717, 1.165) is 24.8 Å². The van der Waals surface area contributed by atoms with Crippen LogP contribution in [0.3, 0.4) is 0 Å². The Morgan fingerprint density at radius 1 is 1.25 bits per heavy atom. The number of likely N-dealkylation sites (N-methyl/N-ethyl adjacent to an activating group) is 1. The summed E-state index contributed by atoms with van der Waals surface area (Å²) in [5.74, 6) is 1.76. The van der Waals surface area contributed by atoms with Crippen molar-refractivity contribution in [2.24, 2.45) is 10.9 Å². The first kappa shape index (κ1) is 17.3. The third kappa shape index (κ3) is 5.70. The van der Waals surface area contributed by atoms with Gasteiger partial charge in [-0.1, -0.05) is 26.2 Å². The van der Waals surface area contributed by atoms with Crippen molar-refractivity contribution in [1.82, 2.24) is 15.5 Å². The Morgan fingerprint density at radius 2 is 1.90 bits per heavy atom. The lowest BCUT2D eigenvalue weighted by Crippen LogP contribution is -2.49. The highest BCUT2D eigenvalue weighted by Crippen LogP contribution is 2.27. The maximum Gasteiger partial charge on any atom is 0.191 e. The molecule has 0 aromatic carbocycles. The molecule has 1 saturated carbocycles. The fourth-order valence-corrected chi connectivity index (χ4v) is 3.02. The van der Waals surface area contributed by atoms with Crippen molar-refractivity contribution >= 4 is 5.96 Å². The molecule has 0 aromatic rings. The maximum absolute atomic E-state index is 4.33. The largest absolute Gasteiger partial charge is 0.355 e. The van der Waals surface area contributed by atoms with Crippen molar-refractivity contribution in [3.63, 3.8) is 0 Å². The lowest BCUT2D eigenvalue weighted by atomic mass is 9.83. The molecule has 2 unspecified atom stereocenters. The molecule has 0 aliphatic heterocycles. The molecule has 0 radical (unpaired) electrons. The minimum atomic E-state index is 0.466. The van der Waals surface area contributed by atoms with Crippen LogP contribution >= 0.6 is 0 Å². The molecule has 0 amide bonds. The lowest BCUT2D eigenvalue weighted by Gasteiger charge is -2.35. The zero-order valence-electron chi connectivity index (χ0n) is 14.1. The molecule has 20 heavy (non-hydrogen) atoms. The zero-order valence-corrected chi connectivity index (χ0v) is 14.1. The summed E-state index contributed by atoms with van der Waals surface area (Å²) in [6, 6.07) is 1.07. The minimum Gasteiger partial charge on any atom is -0.355 e. The predicted molar refractivity (Wildman–Crippen MR) is 88.3 cm³/mol. The van der Waals surface area contributed by atoms with Crippen LogP contribution in [0.2, 0.25) is 0 Å². The Bertz CT molecular complexity index is 282. The van der Waals surface area contributed by atoms with Gasteiger partial charge in [0.05, 0.1) is 0 Å². The van der Waals surface area contributed by atoms with Gasteiger partial charge in [-0.05, 0) is 46.2 Å². The Morgan fingerprint density at radius 3 is 2.40 bits per heavy atom. The highest BCUT2D eigenvalue weighted by molar-refractivity contribution is 5.79. The molecule has 4 heteroatoms. The number of nitrogens with one attached hydrogen (secondary N) is 2. The van der Waals surface area contributed by atoms with Crippen molar-refractivity contribution < 1.29 is 0 Å². The monoisotopic (exact) mass is 282 g/mol. The van der Waals surface area contributed by atoms with Gasteiger partial charge in [-0.3, -0.25) is 4.99 Å². The van der Waals surface area contributed by atoms with Crippen LogP contribution in [-0.4, -0.2) is 50.6 Å². The summed E-state index contributed by atoms with van der Waals surface area (Å²) in [5.41, 5.74) is 0. The molecule has 2 N–H and O–H groups in total. The summed E-state index contributed by atoms with van der Waals surface area (Å²) < 4.78 is 0. The molecule has 2 atom stereocenters. The van der Waals surface area contributed by atoms with Gasteiger partial charge in [0, 0.05) is 25.7 Å². The predicted octanol–water partition coefficient (Wildman–Crippen LogP) is 2.46. The van der Waals surface area contributed by atoms with E-state index in [1.165, 1.54) is 32.1 Å². The smallest absolute Gasteiger partial charge is 0.191 e. The summed E-state index contributed by atoms with van der Waals surface area (Å²) >= 11 is 0. The van der Waals surface area contributed by atoms with Gasteiger partial charge in [0.1, 0.15) is 0 Å². The van der Waals surface area contributed by atoms with E-state index in [4.69, 9.17) is 0 Å². The van der Waals surface area contributed by atoms with E-state index < -0.39 is 0 Å². The van der Waals surface area contributed by atoms with Crippen LogP contribution in [0.25, 0.3) is 0 Å². The van der Waals surface area contributed by atoms with Gasteiger partial charge < -0.3 is 15.5 Å². The van der Waals surface area contributed by atoms with Crippen molar-refractivity contribution in [2.45, 2.75) is 64.5 Å². The summed E-state index contributed by atoms with van der Waals surface area (Å²) in [6.07, 6.45) is 8.08. The van der Waals surface area contributed by atoms with E-state index in [1.807, 2.05) is 7.05 Å². The molecule has 1 aliphatic carbocycles. The summed E-state index contributed by atoms with van der Waals surface area (Å²) in [5, 5.41) is 6.94. The second-order valence-corrected chi connectivity index (χ2v) is 6.34. The topological polar surface area (TPSA) is 39.7 Å². The molecule has 118 valence electrons. The molecule has 0 heterocycles. The Balaban J connectivity index is 2.48. The summed E-state index contributed by atoms with van der Waals surface area (Å²) in [4.78, 5) is 6.70. The van der Waals surface area contributed by atoms with Crippen molar-refractivity contribution in [3.8, 4) is 0 Å². The number of hydrogen-bond donors (Lipinski definition) is 2. The summed E-state index contributed by atoms with van der Waals surface area (Å²) in [7, 11) is 6.25. The van der Waals surface area contributed by atoms with Gasteiger partial charge in [0.25, 0.3) is 0 Å². The number of rotatable bonds is 6. The highest BCUT2D eigenvalue weighted by Gasteiger charge is 2.25. The normalized spacial score (nSPS) is 20.8. The first-order chi connectivity index (χ1) is 9.58. The molecule has 1 rings (SSSR count). The quantitative estimate of drug-likeness (QED) is 0.581. The van der Waals surface area contributed by atoms with Crippen LogP contribution in [-0.2, 0) is 0 Å². The molecule has 0 spiro atoms. The standard InChI is InChI=1S/C16H34N4/c1-6-13(2)19-16(17-3)18-12-15(20(4)5)14-10-8-7-9-11-14/h13-15H,6-12H2,1-5H3,(H2,17,18,19).